The standard InChI is InChI=1S/C26H31N3O4/c1-5-27-26(32)24-23(17-8-9-18-13-28-15(4)6-7-16(18)10-17)25(33-29-24)20-11-19(14(2)3)21(30)12-22(20)31/h8-12,14-15,28,30-31H,5-7,13H2,1-4H3,(H,27,32). The molecule has 0 radical (unpaired) electrons. The van der Waals surface area contributed by atoms with Crippen molar-refractivity contribution in [3.63, 3.8) is 0 Å². The molecule has 1 amide bonds. The predicted molar refractivity (Wildman–Crippen MR) is 127 cm³/mol. The first-order valence-electron chi connectivity index (χ1n) is 11.5. The van der Waals surface area contributed by atoms with Crippen molar-refractivity contribution in [2.75, 3.05) is 6.54 Å². The van der Waals surface area contributed by atoms with Crippen molar-refractivity contribution in [2.45, 2.75) is 59.0 Å². The molecular formula is C26H31N3O4. The number of benzene rings is 2. The number of aromatic nitrogens is 1. The Kier molecular flexibility index (Phi) is 6.42. The molecule has 1 atom stereocenters. The smallest absolute Gasteiger partial charge is 0.274 e. The van der Waals surface area contributed by atoms with E-state index in [-0.39, 0.29) is 29.0 Å². The first kappa shape index (κ1) is 22.9. The first-order valence-corrected chi connectivity index (χ1v) is 11.5. The normalized spacial score (nSPS) is 15.8. The van der Waals surface area contributed by atoms with Gasteiger partial charge in [0.15, 0.2) is 11.5 Å². The Balaban J connectivity index is 1.91. The molecule has 1 aromatic heterocycles. The minimum Gasteiger partial charge on any atom is -0.508 e. The summed E-state index contributed by atoms with van der Waals surface area (Å²) < 4.78 is 5.68. The number of hydrogen-bond acceptors (Lipinski definition) is 6. The molecule has 2 aromatic carbocycles. The summed E-state index contributed by atoms with van der Waals surface area (Å²) in [5, 5.41) is 31.4. The molecule has 2 heterocycles. The lowest BCUT2D eigenvalue weighted by molar-refractivity contribution is 0.0947. The first-order chi connectivity index (χ1) is 15.8. The molecule has 33 heavy (non-hydrogen) atoms. The van der Waals surface area contributed by atoms with E-state index < -0.39 is 0 Å². The highest BCUT2D eigenvalue weighted by Gasteiger charge is 2.27. The minimum atomic E-state index is -0.338. The van der Waals surface area contributed by atoms with Gasteiger partial charge in [0.05, 0.1) is 11.1 Å². The summed E-state index contributed by atoms with van der Waals surface area (Å²) in [6, 6.07) is 9.58. The number of carbonyl (C=O) groups excluding carboxylic acids is 1. The summed E-state index contributed by atoms with van der Waals surface area (Å²) in [6.07, 6.45) is 1.95. The van der Waals surface area contributed by atoms with E-state index in [4.69, 9.17) is 4.52 Å². The van der Waals surface area contributed by atoms with E-state index in [0.29, 0.717) is 35.0 Å². The van der Waals surface area contributed by atoms with Gasteiger partial charge in [0, 0.05) is 25.2 Å². The van der Waals surface area contributed by atoms with Crippen LogP contribution in [-0.4, -0.2) is 33.9 Å². The number of carbonyl (C=O) groups is 1. The molecule has 1 aliphatic heterocycles. The zero-order valence-corrected chi connectivity index (χ0v) is 19.5. The molecule has 7 nitrogen and oxygen atoms in total. The molecule has 1 aliphatic rings. The summed E-state index contributed by atoms with van der Waals surface area (Å²) in [5.74, 6) is -0.126. The van der Waals surface area contributed by atoms with Crippen LogP contribution in [0.2, 0.25) is 0 Å². The van der Waals surface area contributed by atoms with E-state index in [9.17, 15) is 15.0 Å². The summed E-state index contributed by atoms with van der Waals surface area (Å²) >= 11 is 0. The monoisotopic (exact) mass is 449 g/mol. The van der Waals surface area contributed by atoms with Crippen molar-refractivity contribution in [3.05, 3.63) is 52.7 Å². The topological polar surface area (TPSA) is 108 Å². The summed E-state index contributed by atoms with van der Waals surface area (Å²) in [4.78, 5) is 12.8. The Bertz CT molecular complexity index is 1180. The van der Waals surface area contributed by atoms with Crippen LogP contribution in [0.1, 0.15) is 67.2 Å². The molecule has 1 unspecified atom stereocenters. The molecule has 4 N–H and O–H groups in total. The average molecular weight is 450 g/mol. The van der Waals surface area contributed by atoms with Crippen LogP contribution in [0.3, 0.4) is 0 Å². The van der Waals surface area contributed by atoms with Crippen LogP contribution in [-0.2, 0) is 13.0 Å². The number of aromatic hydroxyl groups is 2. The van der Waals surface area contributed by atoms with Gasteiger partial charge in [-0.2, -0.15) is 0 Å². The predicted octanol–water partition coefficient (Wildman–Crippen LogP) is 4.72. The molecule has 4 rings (SSSR count). The van der Waals surface area contributed by atoms with Crippen LogP contribution in [0.25, 0.3) is 22.5 Å². The summed E-state index contributed by atoms with van der Waals surface area (Å²) in [6.45, 7) is 9.19. The number of hydrogen-bond donors (Lipinski definition) is 4. The van der Waals surface area contributed by atoms with Gasteiger partial charge in [-0.05, 0) is 60.9 Å². The molecule has 0 aliphatic carbocycles. The number of nitrogens with one attached hydrogen (secondary N) is 2. The van der Waals surface area contributed by atoms with Gasteiger partial charge in [-0.15, -0.1) is 0 Å². The van der Waals surface area contributed by atoms with Gasteiger partial charge in [-0.3, -0.25) is 4.79 Å². The largest absolute Gasteiger partial charge is 0.508 e. The Labute approximate surface area is 193 Å². The zero-order valence-electron chi connectivity index (χ0n) is 19.5. The van der Waals surface area contributed by atoms with Crippen molar-refractivity contribution in [1.29, 1.82) is 0 Å². The maximum atomic E-state index is 12.8. The van der Waals surface area contributed by atoms with Crippen LogP contribution in [0.4, 0.5) is 0 Å². The highest BCUT2D eigenvalue weighted by Crippen LogP contribution is 2.43. The third kappa shape index (κ3) is 4.46. The quantitative estimate of drug-likeness (QED) is 0.449. The number of phenols is 2. The van der Waals surface area contributed by atoms with Crippen molar-refractivity contribution in [3.8, 4) is 33.9 Å². The molecule has 7 heteroatoms. The van der Waals surface area contributed by atoms with Crippen LogP contribution in [0.15, 0.2) is 34.9 Å². The van der Waals surface area contributed by atoms with Crippen LogP contribution in [0.5, 0.6) is 11.5 Å². The van der Waals surface area contributed by atoms with Gasteiger partial charge in [0.1, 0.15) is 11.5 Å². The van der Waals surface area contributed by atoms with Crippen molar-refractivity contribution in [1.82, 2.24) is 15.8 Å². The molecule has 0 saturated carbocycles. The number of fused-ring (bicyclic) bond motifs is 1. The van der Waals surface area contributed by atoms with E-state index in [1.807, 2.05) is 26.8 Å². The Morgan fingerprint density at radius 3 is 2.73 bits per heavy atom. The maximum absolute atomic E-state index is 12.8. The Morgan fingerprint density at radius 1 is 1.21 bits per heavy atom. The van der Waals surface area contributed by atoms with Crippen LogP contribution in [0, 0.1) is 0 Å². The van der Waals surface area contributed by atoms with Crippen LogP contribution < -0.4 is 10.6 Å². The van der Waals surface area contributed by atoms with E-state index in [1.165, 1.54) is 17.2 Å². The molecule has 174 valence electrons. The lowest BCUT2D eigenvalue weighted by Crippen LogP contribution is -2.23. The molecule has 0 bridgehead atoms. The van der Waals surface area contributed by atoms with Crippen molar-refractivity contribution >= 4 is 5.91 Å². The zero-order chi connectivity index (χ0) is 23.7. The van der Waals surface area contributed by atoms with Gasteiger partial charge in [-0.25, -0.2) is 0 Å². The minimum absolute atomic E-state index is 0.0166. The number of aryl methyl sites for hydroxylation is 1. The highest BCUT2D eigenvalue weighted by molar-refractivity contribution is 6.02. The van der Waals surface area contributed by atoms with Gasteiger partial charge in [0.25, 0.3) is 5.91 Å². The molecular weight excluding hydrogens is 418 g/mol. The lowest BCUT2D eigenvalue weighted by Gasteiger charge is -2.13. The van der Waals surface area contributed by atoms with E-state index in [0.717, 1.165) is 24.9 Å². The Morgan fingerprint density at radius 2 is 2.00 bits per heavy atom. The SMILES string of the molecule is CCNC(=O)c1noc(-c2cc(C(C)C)c(O)cc2O)c1-c1ccc2c(c1)CCC(C)NC2. The third-order valence-corrected chi connectivity index (χ3v) is 6.24. The number of amides is 1. The Hall–Kier alpha value is -3.32. The molecule has 0 spiro atoms. The second-order valence-electron chi connectivity index (χ2n) is 8.98. The fourth-order valence-electron chi connectivity index (χ4n) is 4.32. The summed E-state index contributed by atoms with van der Waals surface area (Å²) in [5.41, 5.74) is 5.02. The van der Waals surface area contributed by atoms with Crippen LogP contribution >= 0.6 is 0 Å². The number of nitrogens with zero attached hydrogens (tertiary/aromatic N) is 1. The molecule has 0 saturated heterocycles. The van der Waals surface area contributed by atoms with E-state index in [2.05, 4.69) is 34.8 Å². The fourth-order valence-corrected chi connectivity index (χ4v) is 4.32. The van der Waals surface area contributed by atoms with Crippen molar-refractivity contribution in [2.24, 2.45) is 0 Å². The third-order valence-electron chi connectivity index (χ3n) is 6.24. The van der Waals surface area contributed by atoms with Gasteiger partial charge in [0.2, 0.25) is 0 Å². The van der Waals surface area contributed by atoms with Gasteiger partial charge in [-0.1, -0.05) is 37.2 Å². The number of phenolic OH excluding ortho intramolecular Hbond substituents is 2. The molecule has 3 aromatic rings. The average Bonchev–Trinajstić information content (AvgIpc) is 3.12. The van der Waals surface area contributed by atoms with Gasteiger partial charge < -0.3 is 25.4 Å². The fraction of sp³-hybridized carbons (Fsp3) is 0.385. The summed E-state index contributed by atoms with van der Waals surface area (Å²) in [7, 11) is 0. The van der Waals surface area contributed by atoms with Gasteiger partial charge >= 0.3 is 0 Å². The maximum Gasteiger partial charge on any atom is 0.274 e. The second-order valence-corrected chi connectivity index (χ2v) is 8.98. The van der Waals surface area contributed by atoms with Crippen molar-refractivity contribution < 1.29 is 19.5 Å². The second kappa shape index (κ2) is 9.27. The molecule has 0 fully saturated rings. The van der Waals surface area contributed by atoms with E-state index >= 15 is 0 Å². The van der Waals surface area contributed by atoms with E-state index in [1.54, 1.807) is 6.07 Å². The highest BCUT2D eigenvalue weighted by atomic mass is 16.5. The number of rotatable bonds is 5. The lowest BCUT2D eigenvalue weighted by atomic mass is 9.92.